The third-order valence-electron chi connectivity index (χ3n) is 6.02. The molecular formula is C23H31IO5. The summed E-state index contributed by atoms with van der Waals surface area (Å²) in [6.45, 7) is 5.74. The van der Waals surface area contributed by atoms with Crippen molar-refractivity contribution in [2.45, 2.75) is 70.5 Å². The van der Waals surface area contributed by atoms with Crippen molar-refractivity contribution < 1.29 is 24.5 Å². The first kappa shape index (κ1) is 22.6. The lowest BCUT2D eigenvalue weighted by Gasteiger charge is -2.46. The molecule has 0 unspecified atom stereocenters. The van der Waals surface area contributed by atoms with E-state index in [9.17, 15) is 9.90 Å². The van der Waals surface area contributed by atoms with Crippen LogP contribution in [0.25, 0.3) is 0 Å². The van der Waals surface area contributed by atoms with Gasteiger partial charge < -0.3 is 19.7 Å². The summed E-state index contributed by atoms with van der Waals surface area (Å²) in [5, 5.41) is 18.8. The summed E-state index contributed by atoms with van der Waals surface area (Å²) in [6.07, 6.45) is 5.81. The highest BCUT2D eigenvalue weighted by Gasteiger charge is 2.45. The molecule has 0 bridgehead atoms. The fraction of sp³-hybridized carbons (Fsp3) is 0.609. The molecule has 0 fully saturated rings. The molecule has 1 aromatic rings. The number of fused-ring (bicyclic) bond motifs is 3. The summed E-state index contributed by atoms with van der Waals surface area (Å²) in [7, 11) is 0. The first-order valence-electron chi connectivity index (χ1n) is 10.4. The number of rotatable bonds is 7. The van der Waals surface area contributed by atoms with Crippen molar-refractivity contribution in [3.05, 3.63) is 34.9 Å². The molecule has 5 nitrogen and oxygen atoms in total. The Balaban J connectivity index is 2.06. The van der Waals surface area contributed by atoms with E-state index in [1.54, 1.807) is 0 Å². The molecule has 3 atom stereocenters. The topological polar surface area (TPSA) is 76.0 Å². The van der Waals surface area contributed by atoms with Crippen molar-refractivity contribution in [2.75, 3.05) is 11.0 Å². The van der Waals surface area contributed by atoms with Crippen LogP contribution >= 0.6 is 22.6 Å². The van der Waals surface area contributed by atoms with Gasteiger partial charge in [-0.15, -0.1) is 0 Å². The Morgan fingerprint density at radius 3 is 2.83 bits per heavy atom. The maximum atomic E-state index is 12.3. The number of benzene rings is 1. The van der Waals surface area contributed by atoms with Gasteiger partial charge in [0.1, 0.15) is 17.1 Å². The van der Waals surface area contributed by atoms with Crippen LogP contribution in [0, 0.1) is 5.92 Å². The lowest BCUT2D eigenvalue weighted by Crippen LogP contribution is -2.45. The van der Waals surface area contributed by atoms with Gasteiger partial charge in [0.2, 0.25) is 0 Å². The molecule has 0 aromatic heterocycles. The van der Waals surface area contributed by atoms with Gasteiger partial charge in [0, 0.05) is 17.4 Å². The van der Waals surface area contributed by atoms with Gasteiger partial charge in [-0.2, -0.15) is 0 Å². The number of aryl methyl sites for hydroxylation is 1. The lowest BCUT2D eigenvalue weighted by molar-refractivity contribution is -0.145. The molecule has 1 aliphatic carbocycles. The third-order valence-corrected chi connectivity index (χ3v) is 6.78. The zero-order valence-electron chi connectivity index (χ0n) is 17.4. The van der Waals surface area contributed by atoms with Crippen LogP contribution in [0.3, 0.4) is 0 Å². The van der Waals surface area contributed by atoms with Crippen molar-refractivity contribution in [2.24, 2.45) is 5.92 Å². The van der Waals surface area contributed by atoms with Crippen LogP contribution in [0.1, 0.15) is 63.5 Å². The van der Waals surface area contributed by atoms with Crippen LogP contribution in [-0.2, 0) is 11.2 Å². The molecule has 0 amide bonds. The third kappa shape index (κ3) is 4.97. The molecule has 3 rings (SSSR count). The molecule has 29 heavy (non-hydrogen) atoms. The molecule has 0 saturated heterocycles. The first-order valence-corrected chi connectivity index (χ1v) is 11.9. The van der Waals surface area contributed by atoms with Gasteiger partial charge in [0.25, 0.3) is 0 Å². The predicted molar refractivity (Wildman–Crippen MR) is 121 cm³/mol. The number of aliphatic hydroxyl groups is 2. The van der Waals surface area contributed by atoms with Gasteiger partial charge in [-0.05, 0) is 75.0 Å². The van der Waals surface area contributed by atoms with Gasteiger partial charge in [-0.1, -0.05) is 34.2 Å². The summed E-state index contributed by atoms with van der Waals surface area (Å²) in [5.74, 6) is 0.747. The number of hydrogen-bond acceptors (Lipinski definition) is 5. The highest BCUT2D eigenvalue weighted by molar-refractivity contribution is 14.1. The van der Waals surface area contributed by atoms with Gasteiger partial charge in [0.15, 0.2) is 6.10 Å². The van der Waals surface area contributed by atoms with Crippen LogP contribution in [0.2, 0.25) is 0 Å². The number of carbonyl (C=O) groups excluding carboxylic acids is 1. The van der Waals surface area contributed by atoms with E-state index in [4.69, 9.17) is 14.6 Å². The number of aliphatic hydroxyl groups excluding tert-OH is 2. The van der Waals surface area contributed by atoms with E-state index in [0.29, 0.717) is 5.75 Å². The molecule has 2 N–H and O–H groups in total. The molecule has 1 aliphatic heterocycles. The normalized spacial score (nSPS) is 23.3. The molecule has 0 saturated carbocycles. The number of esters is 1. The molecule has 0 radical (unpaired) electrons. The van der Waals surface area contributed by atoms with Crippen LogP contribution < -0.4 is 9.47 Å². The zero-order chi connectivity index (χ0) is 21.2. The van der Waals surface area contributed by atoms with E-state index in [0.717, 1.165) is 53.4 Å². The summed E-state index contributed by atoms with van der Waals surface area (Å²) < 4.78 is 13.2. The molecule has 0 spiro atoms. The maximum absolute atomic E-state index is 12.3. The average Bonchev–Trinajstić information content (AvgIpc) is 2.66. The summed E-state index contributed by atoms with van der Waals surface area (Å²) in [5.41, 5.74) is 2.94. The van der Waals surface area contributed by atoms with Gasteiger partial charge >= 0.3 is 5.97 Å². The molecule has 160 valence electrons. The summed E-state index contributed by atoms with van der Waals surface area (Å²) in [4.78, 5) is 12.3. The second kappa shape index (κ2) is 9.35. The fourth-order valence-corrected chi connectivity index (χ4v) is 5.00. The van der Waals surface area contributed by atoms with Crippen LogP contribution in [-0.4, -0.2) is 38.9 Å². The van der Waals surface area contributed by atoms with Crippen molar-refractivity contribution in [3.8, 4) is 11.5 Å². The van der Waals surface area contributed by atoms with Crippen LogP contribution in [0.4, 0.5) is 0 Å². The highest BCUT2D eigenvalue weighted by atomic mass is 127. The summed E-state index contributed by atoms with van der Waals surface area (Å²) in [6, 6.07) is 3.99. The van der Waals surface area contributed by atoms with E-state index in [2.05, 4.69) is 55.5 Å². The van der Waals surface area contributed by atoms with E-state index in [1.165, 1.54) is 5.57 Å². The number of alkyl halides is 1. The Kier molecular flexibility index (Phi) is 7.27. The molecular weight excluding hydrogens is 483 g/mol. The molecule has 6 heteroatoms. The Morgan fingerprint density at radius 1 is 1.38 bits per heavy atom. The average molecular weight is 514 g/mol. The maximum Gasteiger partial charge on any atom is 0.342 e. The number of allylic oxidation sites excluding steroid dienone is 2. The van der Waals surface area contributed by atoms with Crippen LogP contribution in [0.15, 0.2) is 23.8 Å². The monoisotopic (exact) mass is 514 g/mol. The molecule has 1 aromatic carbocycles. The van der Waals surface area contributed by atoms with E-state index in [-0.39, 0.29) is 17.4 Å². The van der Waals surface area contributed by atoms with E-state index >= 15 is 0 Å². The minimum Gasteiger partial charge on any atom is -0.487 e. The van der Waals surface area contributed by atoms with Crippen molar-refractivity contribution in [1.29, 1.82) is 0 Å². The minimum atomic E-state index is -1.55. The van der Waals surface area contributed by atoms with Gasteiger partial charge in [-0.3, -0.25) is 0 Å². The number of ether oxygens (including phenoxy) is 2. The smallest absolute Gasteiger partial charge is 0.342 e. The van der Waals surface area contributed by atoms with Crippen molar-refractivity contribution >= 4 is 28.6 Å². The second-order valence-electron chi connectivity index (χ2n) is 8.66. The minimum absolute atomic E-state index is 0.0972. The Bertz CT molecular complexity index is 786. The Labute approximate surface area is 186 Å². The van der Waals surface area contributed by atoms with Gasteiger partial charge in [0.05, 0.1) is 6.61 Å². The fourth-order valence-electron chi connectivity index (χ4n) is 4.46. The zero-order valence-corrected chi connectivity index (χ0v) is 19.6. The highest BCUT2D eigenvalue weighted by Crippen LogP contribution is 2.53. The van der Waals surface area contributed by atoms with Crippen LogP contribution in [0.5, 0.6) is 11.5 Å². The Hall–Kier alpha value is -1.12. The van der Waals surface area contributed by atoms with Crippen molar-refractivity contribution in [1.82, 2.24) is 0 Å². The van der Waals surface area contributed by atoms with E-state index in [1.807, 2.05) is 6.07 Å². The quantitative estimate of drug-likeness (QED) is 0.142. The van der Waals surface area contributed by atoms with Crippen molar-refractivity contribution in [3.63, 3.8) is 0 Å². The standard InChI is InChI=1S/C23H31IO5/c1-14-7-8-17-16(10-14)21-19(28-22(27)18(26)13-25)11-15(6-4-5-9-24)12-20(21)29-23(17,2)3/h10-12,16-18,25-26H,4-9,13H2,1-3H3/t16-,17-,18+/m1/s1. The Morgan fingerprint density at radius 2 is 2.14 bits per heavy atom. The first-order chi connectivity index (χ1) is 13.8. The number of halogens is 1. The largest absolute Gasteiger partial charge is 0.487 e. The van der Waals surface area contributed by atoms with E-state index < -0.39 is 18.7 Å². The predicted octanol–water partition coefficient (Wildman–Crippen LogP) is 4.31. The second-order valence-corrected chi connectivity index (χ2v) is 9.74. The number of unbranched alkanes of at least 4 members (excludes halogenated alkanes) is 1. The number of carbonyl (C=O) groups is 1. The molecule has 1 heterocycles. The summed E-state index contributed by atoms with van der Waals surface area (Å²) >= 11 is 2.37. The number of hydrogen-bond donors (Lipinski definition) is 2. The lowest BCUT2D eigenvalue weighted by atomic mass is 9.68. The molecule has 2 aliphatic rings. The SMILES string of the molecule is CC1=C[C@H]2c3c(OC(=O)[C@@H](O)CO)cc(CCCCI)cc3OC(C)(C)[C@@H]2CC1. The van der Waals surface area contributed by atoms with Gasteiger partial charge in [-0.25, -0.2) is 4.79 Å².